The van der Waals surface area contributed by atoms with Gasteiger partial charge in [0.25, 0.3) is 5.91 Å². The maximum Gasteiger partial charge on any atom is 0.253 e. The van der Waals surface area contributed by atoms with Gasteiger partial charge < -0.3 is 5.32 Å². The van der Waals surface area contributed by atoms with Gasteiger partial charge in [-0.1, -0.05) is 42.8 Å². The molecule has 2 aromatic carbocycles. The van der Waals surface area contributed by atoms with Gasteiger partial charge in [-0.3, -0.25) is 9.69 Å². The zero-order valence-corrected chi connectivity index (χ0v) is 15.7. The number of nitrogens with one attached hydrogen (secondary N) is 1. The van der Waals surface area contributed by atoms with Crippen molar-refractivity contribution in [2.24, 2.45) is 5.92 Å². The molecule has 1 heterocycles. The second-order valence-corrected chi connectivity index (χ2v) is 7.51. The van der Waals surface area contributed by atoms with Crippen LogP contribution in [0.25, 0.3) is 0 Å². The van der Waals surface area contributed by atoms with E-state index in [1.807, 2.05) is 12.1 Å². The topological polar surface area (TPSA) is 32.3 Å². The van der Waals surface area contributed by atoms with Gasteiger partial charge >= 0.3 is 0 Å². The first-order valence-electron chi connectivity index (χ1n) is 9.04. The van der Waals surface area contributed by atoms with Crippen molar-refractivity contribution in [1.82, 2.24) is 10.2 Å². The molecule has 0 aromatic heterocycles. The third-order valence-electron chi connectivity index (χ3n) is 4.80. The molecule has 138 valence electrons. The summed E-state index contributed by atoms with van der Waals surface area (Å²) in [5.41, 5.74) is 2.59. The molecule has 2 aromatic rings. The summed E-state index contributed by atoms with van der Waals surface area (Å²) in [4.78, 5) is 14.7. The Balaban J connectivity index is 1.53. The van der Waals surface area contributed by atoms with Crippen LogP contribution < -0.4 is 5.32 Å². The van der Waals surface area contributed by atoms with Gasteiger partial charge in [-0.15, -0.1) is 0 Å². The second-order valence-electron chi connectivity index (χ2n) is 7.11. The molecule has 1 amide bonds. The van der Waals surface area contributed by atoms with Crippen molar-refractivity contribution in [3.63, 3.8) is 0 Å². The van der Waals surface area contributed by atoms with Gasteiger partial charge in [0, 0.05) is 19.6 Å². The lowest BCUT2D eigenvalue weighted by molar-refractivity contribution is 0.0951. The fourth-order valence-electron chi connectivity index (χ4n) is 3.40. The first-order chi connectivity index (χ1) is 12.5. The molecule has 0 radical (unpaired) electrons. The number of rotatable bonds is 5. The van der Waals surface area contributed by atoms with Crippen molar-refractivity contribution in [2.45, 2.75) is 32.9 Å². The minimum atomic E-state index is -0.453. The quantitative estimate of drug-likeness (QED) is 0.826. The fraction of sp³-hybridized carbons (Fsp3) is 0.381. The van der Waals surface area contributed by atoms with E-state index in [-0.39, 0.29) is 16.5 Å². The zero-order chi connectivity index (χ0) is 18.5. The van der Waals surface area contributed by atoms with Crippen LogP contribution in [0.5, 0.6) is 0 Å². The summed E-state index contributed by atoms with van der Waals surface area (Å²) in [7, 11) is 0. The Morgan fingerprint density at radius 1 is 1.23 bits per heavy atom. The van der Waals surface area contributed by atoms with E-state index >= 15 is 0 Å². The molecule has 0 spiro atoms. The highest BCUT2D eigenvalue weighted by Gasteiger charge is 2.16. The number of likely N-dealkylation sites (tertiary alicyclic amines) is 1. The molecule has 0 saturated carbocycles. The van der Waals surface area contributed by atoms with Gasteiger partial charge in [-0.25, -0.2) is 4.39 Å². The van der Waals surface area contributed by atoms with Crippen molar-refractivity contribution in [1.29, 1.82) is 0 Å². The number of hydrogen-bond donors (Lipinski definition) is 1. The summed E-state index contributed by atoms with van der Waals surface area (Å²) in [5, 5.41) is 2.95. The number of nitrogens with zero attached hydrogens (tertiary/aromatic N) is 1. The Bertz CT molecular complexity index is 763. The summed E-state index contributed by atoms with van der Waals surface area (Å²) < 4.78 is 13.1. The Labute approximate surface area is 159 Å². The number of amides is 1. The second kappa shape index (κ2) is 8.65. The highest BCUT2D eigenvalue weighted by Crippen LogP contribution is 2.19. The molecule has 1 saturated heterocycles. The van der Waals surface area contributed by atoms with Crippen LogP contribution in [0, 0.1) is 11.7 Å². The number of carbonyl (C=O) groups is 1. The van der Waals surface area contributed by atoms with Crippen molar-refractivity contribution < 1.29 is 9.18 Å². The molecule has 5 heteroatoms. The average molecular weight is 375 g/mol. The van der Waals surface area contributed by atoms with E-state index in [2.05, 4.69) is 29.3 Å². The summed E-state index contributed by atoms with van der Waals surface area (Å²) in [5.74, 6) is 0.0168. The van der Waals surface area contributed by atoms with Crippen LogP contribution in [0.15, 0.2) is 42.5 Å². The predicted octanol–water partition coefficient (Wildman–Crippen LogP) is 4.64. The van der Waals surface area contributed by atoms with Gasteiger partial charge in [0.1, 0.15) is 5.82 Å². The minimum absolute atomic E-state index is 0.119. The highest BCUT2D eigenvalue weighted by molar-refractivity contribution is 6.33. The molecule has 1 aliphatic rings. The summed E-state index contributed by atoms with van der Waals surface area (Å²) in [6, 6.07) is 12.1. The van der Waals surface area contributed by atoms with E-state index in [0.29, 0.717) is 6.54 Å². The third kappa shape index (κ3) is 5.05. The lowest BCUT2D eigenvalue weighted by Gasteiger charge is -2.30. The van der Waals surface area contributed by atoms with Crippen LogP contribution >= 0.6 is 11.6 Å². The molecular formula is C21H24ClFN2O. The molecule has 1 aliphatic heterocycles. The molecule has 1 atom stereocenters. The van der Waals surface area contributed by atoms with Gasteiger partial charge in [-0.05, 0) is 54.6 Å². The molecule has 1 unspecified atom stereocenters. The summed E-state index contributed by atoms with van der Waals surface area (Å²) in [6.07, 6.45) is 2.60. The van der Waals surface area contributed by atoms with Crippen LogP contribution in [0.2, 0.25) is 5.02 Å². The predicted molar refractivity (Wildman–Crippen MR) is 103 cm³/mol. The van der Waals surface area contributed by atoms with Gasteiger partial charge in [0.05, 0.1) is 10.6 Å². The minimum Gasteiger partial charge on any atom is -0.348 e. The number of carbonyl (C=O) groups excluding carboxylic acids is 1. The SMILES string of the molecule is CC1CCCN(Cc2ccc(CNC(=O)c3ccc(F)cc3Cl)cc2)C1. The molecule has 1 N–H and O–H groups in total. The highest BCUT2D eigenvalue weighted by atomic mass is 35.5. The molecule has 0 bridgehead atoms. The van der Waals surface area contributed by atoms with Crippen LogP contribution in [0.1, 0.15) is 41.3 Å². The fourth-order valence-corrected chi connectivity index (χ4v) is 3.66. The lowest BCUT2D eigenvalue weighted by atomic mass is 9.99. The Morgan fingerprint density at radius 2 is 1.96 bits per heavy atom. The number of piperidine rings is 1. The van der Waals surface area contributed by atoms with E-state index < -0.39 is 5.82 Å². The lowest BCUT2D eigenvalue weighted by Crippen LogP contribution is -2.33. The van der Waals surface area contributed by atoms with E-state index in [4.69, 9.17) is 11.6 Å². The zero-order valence-electron chi connectivity index (χ0n) is 15.0. The van der Waals surface area contributed by atoms with Gasteiger partial charge in [-0.2, -0.15) is 0 Å². The largest absolute Gasteiger partial charge is 0.348 e. The third-order valence-corrected chi connectivity index (χ3v) is 5.11. The summed E-state index contributed by atoms with van der Waals surface area (Å²) in [6.45, 7) is 6.03. The van der Waals surface area contributed by atoms with Crippen LogP contribution in [-0.4, -0.2) is 23.9 Å². The van der Waals surface area contributed by atoms with E-state index in [0.717, 1.165) is 30.6 Å². The van der Waals surface area contributed by atoms with Crippen LogP contribution in [-0.2, 0) is 13.1 Å². The van der Waals surface area contributed by atoms with Crippen molar-refractivity contribution in [2.75, 3.05) is 13.1 Å². The first-order valence-corrected chi connectivity index (χ1v) is 9.42. The normalized spacial score (nSPS) is 17.9. The van der Waals surface area contributed by atoms with Crippen LogP contribution in [0.4, 0.5) is 4.39 Å². The van der Waals surface area contributed by atoms with E-state index in [1.165, 1.54) is 37.1 Å². The van der Waals surface area contributed by atoms with E-state index in [9.17, 15) is 9.18 Å². The Kier molecular flexibility index (Phi) is 6.28. The maximum atomic E-state index is 13.1. The molecule has 1 fully saturated rings. The van der Waals surface area contributed by atoms with Crippen molar-refractivity contribution >= 4 is 17.5 Å². The Hall–Kier alpha value is -1.91. The molecule has 3 rings (SSSR count). The molecule has 26 heavy (non-hydrogen) atoms. The standard InChI is InChI=1S/C21H24ClFN2O/c1-15-3-2-10-25(13-15)14-17-6-4-16(5-7-17)12-24-21(26)19-9-8-18(23)11-20(19)22/h4-9,11,15H,2-3,10,12-14H2,1H3,(H,24,26). The van der Waals surface area contributed by atoms with Crippen molar-refractivity contribution in [3.05, 3.63) is 70.0 Å². The number of hydrogen-bond acceptors (Lipinski definition) is 2. The molecule has 0 aliphatic carbocycles. The number of halogens is 2. The maximum absolute atomic E-state index is 13.1. The first kappa shape index (κ1) is 18.9. The van der Waals surface area contributed by atoms with Crippen molar-refractivity contribution in [3.8, 4) is 0 Å². The van der Waals surface area contributed by atoms with Crippen LogP contribution in [0.3, 0.4) is 0 Å². The smallest absolute Gasteiger partial charge is 0.253 e. The Morgan fingerprint density at radius 3 is 2.65 bits per heavy atom. The van der Waals surface area contributed by atoms with Gasteiger partial charge in [0.2, 0.25) is 0 Å². The molecular weight excluding hydrogens is 351 g/mol. The summed E-state index contributed by atoms with van der Waals surface area (Å²) >= 11 is 5.92. The average Bonchev–Trinajstić information content (AvgIpc) is 2.61. The molecule has 3 nitrogen and oxygen atoms in total. The monoisotopic (exact) mass is 374 g/mol. The van der Waals surface area contributed by atoms with Gasteiger partial charge in [0.15, 0.2) is 0 Å². The number of benzene rings is 2. The van der Waals surface area contributed by atoms with E-state index in [1.54, 1.807) is 0 Å².